The molecule has 1 aliphatic carbocycles. The lowest BCUT2D eigenvalue weighted by molar-refractivity contribution is 0.744. The summed E-state index contributed by atoms with van der Waals surface area (Å²) in [5.41, 5.74) is 14.0. The Balaban J connectivity index is 1.15. The van der Waals surface area contributed by atoms with Crippen molar-refractivity contribution in [1.29, 1.82) is 0 Å². The molecule has 0 bridgehead atoms. The summed E-state index contributed by atoms with van der Waals surface area (Å²) in [6, 6.07) is 58.0. The van der Waals surface area contributed by atoms with E-state index in [0.717, 1.165) is 33.3 Å². The Morgan fingerprint density at radius 1 is 0.453 bits per heavy atom. The SMILES string of the molecule is C1=CC2c3ccccc3N(c3cc(-c4ccc5c(c4)c4ccccc4n4c6ccccc6nc54)cc(-n4c5ccccc5c5ccccc54)c3)C2C=C1. The lowest BCUT2D eigenvalue weighted by Gasteiger charge is -2.30. The molecule has 0 N–H and O–H groups in total. The van der Waals surface area contributed by atoms with E-state index in [9.17, 15) is 0 Å². The lowest BCUT2D eigenvalue weighted by Crippen LogP contribution is -2.28. The fourth-order valence-electron chi connectivity index (χ4n) is 9.31. The van der Waals surface area contributed by atoms with Crippen molar-refractivity contribution in [2.45, 2.75) is 12.0 Å². The maximum Gasteiger partial charge on any atom is 0.146 e. The lowest BCUT2D eigenvalue weighted by atomic mass is 9.91. The summed E-state index contributed by atoms with van der Waals surface area (Å²) in [4.78, 5) is 7.72. The van der Waals surface area contributed by atoms with Crippen molar-refractivity contribution in [3.8, 4) is 16.8 Å². The van der Waals surface area contributed by atoms with Crippen LogP contribution in [0, 0.1) is 0 Å². The van der Waals surface area contributed by atoms with Crippen LogP contribution in [0.4, 0.5) is 11.4 Å². The van der Waals surface area contributed by atoms with Crippen LogP contribution in [-0.4, -0.2) is 20.0 Å². The Morgan fingerprint density at radius 3 is 1.91 bits per heavy atom. The predicted octanol–water partition coefficient (Wildman–Crippen LogP) is 12.3. The van der Waals surface area contributed by atoms with E-state index in [-0.39, 0.29) is 6.04 Å². The summed E-state index contributed by atoms with van der Waals surface area (Å²) >= 11 is 0. The number of hydrogen-bond acceptors (Lipinski definition) is 2. The zero-order chi connectivity index (χ0) is 34.6. The van der Waals surface area contributed by atoms with Crippen molar-refractivity contribution in [2.24, 2.45) is 0 Å². The average molecular weight is 677 g/mol. The number of benzene rings is 7. The standard InChI is InChI=1S/C49H32N4/c1-7-19-43-35(13-1)36-14-2-8-20-44(36)51(43)33-27-32(28-34(30-33)52-45-21-9-3-15-37(45)38-16-4-10-22-46(38)52)31-25-26-40-41(29-31)39-17-5-11-23-47(39)53-48-24-12-6-18-42(48)50-49(40)53/h1-30,35,43H. The number of rotatable bonds is 3. The number of fused-ring (bicyclic) bond motifs is 14. The Labute approximate surface area is 305 Å². The van der Waals surface area contributed by atoms with Gasteiger partial charge in [-0.1, -0.05) is 115 Å². The van der Waals surface area contributed by atoms with Crippen LogP contribution in [0.5, 0.6) is 0 Å². The van der Waals surface area contributed by atoms with Gasteiger partial charge in [-0.15, -0.1) is 0 Å². The molecule has 4 heteroatoms. The first-order chi connectivity index (χ1) is 26.3. The molecule has 1 aliphatic heterocycles. The van der Waals surface area contributed by atoms with Gasteiger partial charge in [-0.2, -0.15) is 0 Å². The van der Waals surface area contributed by atoms with Crippen molar-refractivity contribution in [2.75, 3.05) is 4.90 Å². The number of pyridine rings is 1. The molecule has 0 saturated heterocycles. The molecule has 0 radical (unpaired) electrons. The second-order valence-corrected chi connectivity index (χ2v) is 14.4. The second-order valence-electron chi connectivity index (χ2n) is 14.4. The number of aromatic nitrogens is 3. The molecule has 10 aromatic rings. The van der Waals surface area contributed by atoms with E-state index >= 15 is 0 Å². The second kappa shape index (κ2) is 10.8. The van der Waals surface area contributed by atoms with Crippen molar-refractivity contribution in [1.82, 2.24) is 14.0 Å². The third-order valence-corrected chi connectivity index (χ3v) is 11.6. The number of imidazole rings is 1. The third kappa shape index (κ3) is 4.03. The summed E-state index contributed by atoms with van der Waals surface area (Å²) in [6.45, 7) is 0. The third-order valence-electron chi connectivity index (χ3n) is 11.6. The number of hydrogen-bond donors (Lipinski definition) is 0. The van der Waals surface area contributed by atoms with Crippen LogP contribution in [-0.2, 0) is 0 Å². The van der Waals surface area contributed by atoms with E-state index in [1.54, 1.807) is 0 Å². The van der Waals surface area contributed by atoms with Gasteiger partial charge < -0.3 is 9.47 Å². The van der Waals surface area contributed by atoms with Crippen molar-refractivity contribution in [3.05, 3.63) is 188 Å². The van der Waals surface area contributed by atoms with Crippen molar-refractivity contribution < 1.29 is 0 Å². The molecule has 248 valence electrons. The summed E-state index contributed by atoms with van der Waals surface area (Å²) in [5, 5.41) is 6.09. The smallest absolute Gasteiger partial charge is 0.146 e. The van der Waals surface area contributed by atoms with Crippen molar-refractivity contribution in [3.63, 3.8) is 0 Å². The number of para-hydroxylation sites is 6. The molecule has 2 aliphatic rings. The molecule has 2 unspecified atom stereocenters. The maximum atomic E-state index is 5.17. The average Bonchev–Trinajstić information content (AvgIpc) is 3.89. The van der Waals surface area contributed by atoms with Crippen LogP contribution in [0.3, 0.4) is 0 Å². The molecule has 2 atom stereocenters. The van der Waals surface area contributed by atoms with Gasteiger partial charge in [0.15, 0.2) is 0 Å². The number of allylic oxidation sites excluding steroid dienone is 2. The molecule has 7 aromatic carbocycles. The highest BCUT2D eigenvalue weighted by Crippen LogP contribution is 2.49. The minimum atomic E-state index is 0.196. The summed E-state index contributed by atoms with van der Waals surface area (Å²) in [5.74, 6) is 0.302. The molecule has 4 heterocycles. The van der Waals surface area contributed by atoms with E-state index < -0.39 is 0 Å². The molecule has 3 aromatic heterocycles. The van der Waals surface area contributed by atoms with Crippen LogP contribution in [0.15, 0.2) is 182 Å². The van der Waals surface area contributed by atoms with E-state index in [0.29, 0.717) is 5.92 Å². The topological polar surface area (TPSA) is 25.5 Å². The largest absolute Gasteiger partial charge is 0.333 e. The first-order valence-electron chi connectivity index (χ1n) is 18.4. The molecule has 0 fully saturated rings. The Kier molecular flexibility index (Phi) is 5.86. The Hall–Kier alpha value is -6.91. The summed E-state index contributed by atoms with van der Waals surface area (Å²) in [7, 11) is 0. The van der Waals surface area contributed by atoms with E-state index in [2.05, 4.69) is 196 Å². The Bertz CT molecular complexity index is 3160. The zero-order valence-electron chi connectivity index (χ0n) is 28.8. The molecular formula is C49H32N4. The van der Waals surface area contributed by atoms with Crippen LogP contribution >= 0.6 is 0 Å². The van der Waals surface area contributed by atoms with Gasteiger partial charge in [-0.3, -0.25) is 4.40 Å². The highest BCUT2D eigenvalue weighted by Gasteiger charge is 2.37. The van der Waals surface area contributed by atoms with Crippen LogP contribution in [0.1, 0.15) is 11.5 Å². The van der Waals surface area contributed by atoms with Crippen molar-refractivity contribution >= 4 is 71.5 Å². The number of anilines is 2. The van der Waals surface area contributed by atoms with Gasteiger partial charge in [0, 0.05) is 44.5 Å². The van der Waals surface area contributed by atoms with Gasteiger partial charge in [0.25, 0.3) is 0 Å². The molecular weight excluding hydrogens is 645 g/mol. The fraction of sp³-hybridized carbons (Fsp3) is 0.0408. The molecule has 0 spiro atoms. The van der Waals surface area contributed by atoms with Gasteiger partial charge in [0.1, 0.15) is 5.65 Å². The van der Waals surface area contributed by atoms with E-state index in [1.807, 2.05) is 0 Å². The van der Waals surface area contributed by atoms with Gasteiger partial charge in [0.2, 0.25) is 0 Å². The first kappa shape index (κ1) is 28.8. The van der Waals surface area contributed by atoms with Gasteiger partial charge >= 0.3 is 0 Å². The molecule has 12 rings (SSSR count). The highest BCUT2D eigenvalue weighted by molar-refractivity contribution is 6.15. The zero-order valence-corrected chi connectivity index (χ0v) is 28.8. The molecule has 0 saturated carbocycles. The minimum Gasteiger partial charge on any atom is -0.333 e. The normalized spacial score (nSPS) is 16.5. The molecule has 53 heavy (non-hydrogen) atoms. The quantitative estimate of drug-likeness (QED) is 0.174. The molecule has 0 amide bonds. The van der Waals surface area contributed by atoms with Gasteiger partial charge in [0.05, 0.1) is 33.6 Å². The van der Waals surface area contributed by atoms with Crippen LogP contribution < -0.4 is 4.90 Å². The van der Waals surface area contributed by atoms with Gasteiger partial charge in [-0.25, -0.2) is 4.98 Å². The monoisotopic (exact) mass is 676 g/mol. The first-order valence-corrected chi connectivity index (χ1v) is 18.4. The minimum absolute atomic E-state index is 0.196. The number of nitrogens with zero attached hydrogens (tertiary/aromatic N) is 4. The molecule has 4 nitrogen and oxygen atoms in total. The van der Waals surface area contributed by atoms with Gasteiger partial charge in [-0.05, 0) is 88.8 Å². The maximum absolute atomic E-state index is 5.17. The van der Waals surface area contributed by atoms with E-state index in [4.69, 9.17) is 4.98 Å². The highest BCUT2D eigenvalue weighted by atomic mass is 15.2. The van der Waals surface area contributed by atoms with Crippen LogP contribution in [0.25, 0.3) is 77.0 Å². The summed E-state index contributed by atoms with van der Waals surface area (Å²) in [6.07, 6.45) is 9.11. The van der Waals surface area contributed by atoms with Crippen LogP contribution in [0.2, 0.25) is 0 Å². The summed E-state index contributed by atoms with van der Waals surface area (Å²) < 4.78 is 4.77. The Morgan fingerprint density at radius 2 is 1.09 bits per heavy atom. The predicted molar refractivity (Wildman–Crippen MR) is 221 cm³/mol. The fourth-order valence-corrected chi connectivity index (χ4v) is 9.31. The van der Waals surface area contributed by atoms with E-state index in [1.165, 1.54) is 60.6 Å².